The van der Waals surface area contributed by atoms with Crippen molar-refractivity contribution in [2.75, 3.05) is 12.9 Å². The van der Waals surface area contributed by atoms with Gasteiger partial charge in [-0.05, 0) is 11.6 Å². The maximum absolute atomic E-state index is 12.5. The molecule has 0 aliphatic rings. The highest BCUT2D eigenvalue weighted by atomic mass is 32.2. The van der Waals surface area contributed by atoms with Crippen LogP contribution in [-0.4, -0.2) is 33.4 Å². The summed E-state index contributed by atoms with van der Waals surface area (Å²) in [5.74, 6) is -1.80. The second-order valence-corrected chi connectivity index (χ2v) is 7.18. The molecular weight excluding hydrogens is 359 g/mol. The molecule has 0 fully saturated rings. The lowest BCUT2D eigenvalue weighted by Crippen LogP contribution is -2.23. The van der Waals surface area contributed by atoms with Crippen molar-refractivity contribution in [2.45, 2.75) is 11.1 Å². The van der Waals surface area contributed by atoms with Gasteiger partial charge in [0.15, 0.2) is 22.2 Å². The fourth-order valence-electron chi connectivity index (χ4n) is 2.27. The van der Waals surface area contributed by atoms with Crippen LogP contribution in [-0.2, 0) is 9.84 Å². The van der Waals surface area contributed by atoms with E-state index in [0.29, 0.717) is 5.56 Å². The standard InChI is InChI=1S/C16H14F3NO4S/c1-25(22,23)14-11(10-5-3-2-4-6-10)7-8-12(15(20)21)13(14)24-9-16(17,18)19/h2-8H,9H2,1H3,(H2,20,21). The predicted octanol–water partition coefficient (Wildman–Crippen LogP) is 2.80. The van der Waals surface area contributed by atoms with Crippen LogP contribution in [0.15, 0.2) is 47.4 Å². The molecular formula is C16H14F3NO4S. The lowest BCUT2D eigenvalue weighted by Gasteiger charge is -2.18. The molecule has 5 nitrogen and oxygen atoms in total. The first kappa shape index (κ1) is 18.8. The molecule has 0 aromatic heterocycles. The number of carbonyl (C=O) groups excluding carboxylic acids is 1. The molecule has 2 aromatic carbocycles. The fourth-order valence-corrected chi connectivity index (χ4v) is 3.36. The van der Waals surface area contributed by atoms with E-state index in [9.17, 15) is 26.4 Å². The van der Waals surface area contributed by atoms with E-state index in [1.165, 1.54) is 6.07 Å². The van der Waals surface area contributed by atoms with Gasteiger partial charge in [0.1, 0.15) is 4.90 Å². The lowest BCUT2D eigenvalue weighted by molar-refractivity contribution is -0.153. The number of primary amides is 1. The predicted molar refractivity (Wildman–Crippen MR) is 85.1 cm³/mol. The summed E-state index contributed by atoms with van der Waals surface area (Å²) in [7, 11) is -4.04. The summed E-state index contributed by atoms with van der Waals surface area (Å²) in [6, 6.07) is 10.6. The number of nitrogens with two attached hydrogens (primary N) is 1. The summed E-state index contributed by atoms with van der Waals surface area (Å²) >= 11 is 0. The molecule has 0 saturated heterocycles. The Labute approximate surface area is 142 Å². The Kier molecular flexibility index (Phi) is 5.07. The van der Waals surface area contributed by atoms with Crippen LogP contribution >= 0.6 is 0 Å². The number of carbonyl (C=O) groups is 1. The van der Waals surface area contributed by atoms with Crippen molar-refractivity contribution in [3.63, 3.8) is 0 Å². The van der Waals surface area contributed by atoms with Gasteiger partial charge in [-0.15, -0.1) is 0 Å². The average molecular weight is 373 g/mol. The van der Waals surface area contributed by atoms with Crippen LogP contribution in [0.5, 0.6) is 5.75 Å². The van der Waals surface area contributed by atoms with E-state index in [1.807, 2.05) is 0 Å². The van der Waals surface area contributed by atoms with Crippen LogP contribution in [0.3, 0.4) is 0 Å². The molecule has 0 spiro atoms. The number of ether oxygens (including phenoxy) is 1. The van der Waals surface area contributed by atoms with Crippen molar-refractivity contribution in [1.82, 2.24) is 0 Å². The van der Waals surface area contributed by atoms with Crippen LogP contribution in [0.1, 0.15) is 10.4 Å². The van der Waals surface area contributed by atoms with E-state index >= 15 is 0 Å². The zero-order valence-corrected chi connectivity index (χ0v) is 13.8. The second kappa shape index (κ2) is 6.75. The lowest BCUT2D eigenvalue weighted by atomic mass is 10.0. The number of hydrogen-bond donors (Lipinski definition) is 1. The molecule has 0 aliphatic heterocycles. The van der Waals surface area contributed by atoms with Crippen molar-refractivity contribution in [1.29, 1.82) is 0 Å². The van der Waals surface area contributed by atoms with Gasteiger partial charge in [0.2, 0.25) is 0 Å². The van der Waals surface area contributed by atoms with Gasteiger partial charge >= 0.3 is 6.18 Å². The number of rotatable bonds is 5. The van der Waals surface area contributed by atoms with Gasteiger partial charge in [0, 0.05) is 11.8 Å². The van der Waals surface area contributed by atoms with Crippen molar-refractivity contribution in [2.24, 2.45) is 5.73 Å². The molecule has 1 amide bonds. The van der Waals surface area contributed by atoms with Crippen LogP contribution in [0.2, 0.25) is 0 Å². The summed E-state index contributed by atoms with van der Waals surface area (Å²) in [6.45, 7) is -1.76. The highest BCUT2D eigenvalue weighted by Gasteiger charge is 2.32. The largest absolute Gasteiger partial charge is 0.482 e. The van der Waals surface area contributed by atoms with Crippen LogP contribution in [0, 0.1) is 0 Å². The van der Waals surface area contributed by atoms with Crippen LogP contribution < -0.4 is 10.5 Å². The highest BCUT2D eigenvalue weighted by Crippen LogP contribution is 2.38. The molecule has 2 aromatic rings. The second-order valence-electron chi connectivity index (χ2n) is 5.23. The summed E-state index contributed by atoms with van der Waals surface area (Å²) in [6.07, 6.45) is -3.90. The zero-order chi connectivity index (χ0) is 18.8. The Morgan fingerprint density at radius 3 is 2.20 bits per heavy atom. The molecule has 25 heavy (non-hydrogen) atoms. The Morgan fingerprint density at radius 2 is 1.72 bits per heavy atom. The quantitative estimate of drug-likeness (QED) is 0.873. The molecule has 134 valence electrons. The number of amides is 1. The molecule has 0 heterocycles. The van der Waals surface area contributed by atoms with E-state index in [-0.39, 0.29) is 5.56 Å². The Bertz CT molecular complexity index is 894. The van der Waals surface area contributed by atoms with Crippen molar-refractivity contribution in [3.8, 4) is 16.9 Å². The minimum Gasteiger partial charge on any atom is -0.482 e. The van der Waals surface area contributed by atoms with Gasteiger partial charge in [-0.1, -0.05) is 36.4 Å². The van der Waals surface area contributed by atoms with Crippen molar-refractivity contribution < 1.29 is 31.1 Å². The molecule has 2 N–H and O–H groups in total. The molecule has 0 bridgehead atoms. The number of alkyl halides is 3. The molecule has 2 rings (SSSR count). The third-order valence-corrected chi connectivity index (χ3v) is 4.36. The summed E-state index contributed by atoms with van der Waals surface area (Å²) in [5.41, 5.74) is 5.28. The van der Waals surface area contributed by atoms with Gasteiger partial charge in [-0.25, -0.2) is 8.42 Å². The summed E-state index contributed by atoms with van der Waals surface area (Å²) in [4.78, 5) is 11.0. The topological polar surface area (TPSA) is 86.5 Å². The monoisotopic (exact) mass is 373 g/mol. The first-order chi connectivity index (χ1) is 11.5. The number of hydrogen-bond acceptors (Lipinski definition) is 4. The first-order valence-electron chi connectivity index (χ1n) is 6.92. The fraction of sp³-hybridized carbons (Fsp3) is 0.188. The van der Waals surface area contributed by atoms with E-state index in [2.05, 4.69) is 4.74 Å². The van der Waals surface area contributed by atoms with Gasteiger partial charge in [0.05, 0.1) is 5.56 Å². The van der Waals surface area contributed by atoms with E-state index < -0.39 is 44.7 Å². The summed E-state index contributed by atoms with van der Waals surface area (Å²) in [5, 5.41) is 0. The first-order valence-corrected chi connectivity index (χ1v) is 8.81. The highest BCUT2D eigenvalue weighted by molar-refractivity contribution is 7.91. The Balaban J connectivity index is 2.78. The normalized spacial score (nSPS) is 12.0. The zero-order valence-electron chi connectivity index (χ0n) is 13.0. The van der Waals surface area contributed by atoms with Crippen LogP contribution in [0.25, 0.3) is 11.1 Å². The average Bonchev–Trinajstić information content (AvgIpc) is 2.51. The van der Waals surface area contributed by atoms with E-state index in [4.69, 9.17) is 5.73 Å². The molecule has 0 unspecified atom stereocenters. The minimum atomic E-state index is -4.72. The maximum Gasteiger partial charge on any atom is 0.422 e. The molecule has 9 heteroatoms. The van der Waals surface area contributed by atoms with Gasteiger partial charge < -0.3 is 10.5 Å². The molecule has 0 saturated carbocycles. The van der Waals surface area contributed by atoms with E-state index in [1.54, 1.807) is 30.3 Å². The van der Waals surface area contributed by atoms with Gasteiger partial charge in [0.25, 0.3) is 5.91 Å². The van der Waals surface area contributed by atoms with Crippen molar-refractivity contribution >= 4 is 15.7 Å². The number of benzene rings is 2. The van der Waals surface area contributed by atoms with Gasteiger partial charge in [-0.3, -0.25) is 4.79 Å². The van der Waals surface area contributed by atoms with Crippen LogP contribution in [0.4, 0.5) is 13.2 Å². The molecule has 0 atom stereocenters. The molecule has 0 radical (unpaired) electrons. The Morgan fingerprint density at radius 1 is 1.12 bits per heavy atom. The number of halogens is 3. The molecule has 0 aliphatic carbocycles. The SMILES string of the molecule is CS(=O)(=O)c1c(-c2ccccc2)ccc(C(N)=O)c1OCC(F)(F)F. The maximum atomic E-state index is 12.5. The smallest absolute Gasteiger partial charge is 0.422 e. The van der Waals surface area contributed by atoms with Gasteiger partial charge in [-0.2, -0.15) is 13.2 Å². The number of sulfone groups is 1. The third-order valence-electron chi connectivity index (χ3n) is 3.21. The minimum absolute atomic E-state index is 0.116. The Hall–Kier alpha value is -2.55. The summed E-state index contributed by atoms with van der Waals surface area (Å²) < 4.78 is 66.8. The van der Waals surface area contributed by atoms with Crippen molar-refractivity contribution in [3.05, 3.63) is 48.0 Å². The third kappa shape index (κ3) is 4.50. The van der Waals surface area contributed by atoms with E-state index in [0.717, 1.165) is 12.3 Å².